The number of pyridine rings is 1. The van der Waals surface area contributed by atoms with Crippen molar-refractivity contribution in [3.8, 4) is 11.4 Å². The van der Waals surface area contributed by atoms with Gasteiger partial charge in [0.25, 0.3) is 5.91 Å². The molecule has 226 valence electrons. The molecular weight excluding hydrogens is 565 g/mol. The number of urea groups is 1. The minimum atomic E-state index is -0.728. The fourth-order valence-electron chi connectivity index (χ4n) is 4.64. The second-order valence-corrected chi connectivity index (χ2v) is 10.1. The van der Waals surface area contributed by atoms with E-state index in [1.54, 1.807) is 43.7 Å². The molecule has 1 aliphatic heterocycles. The van der Waals surface area contributed by atoms with E-state index in [0.29, 0.717) is 60.2 Å². The number of benzene rings is 2. The third-order valence-corrected chi connectivity index (χ3v) is 6.87. The van der Waals surface area contributed by atoms with E-state index in [4.69, 9.17) is 20.4 Å². The lowest BCUT2D eigenvalue weighted by Crippen LogP contribution is -2.37. The van der Waals surface area contributed by atoms with Gasteiger partial charge in [0, 0.05) is 80.9 Å². The second-order valence-electron chi connectivity index (χ2n) is 10.1. The molecule has 12 nitrogen and oxygen atoms in total. The lowest BCUT2D eigenvalue weighted by atomic mass is 10.1. The zero-order valence-electron chi connectivity index (χ0n) is 24.5. The number of hydrogen-bond acceptors (Lipinski definition) is 9. The van der Waals surface area contributed by atoms with Gasteiger partial charge in [-0.3, -0.25) is 14.8 Å². The van der Waals surface area contributed by atoms with Crippen molar-refractivity contribution in [2.75, 3.05) is 63.0 Å². The van der Waals surface area contributed by atoms with E-state index in [1.807, 2.05) is 6.07 Å². The molecule has 4 N–H and O–H groups in total. The number of amides is 3. The molecular formula is C31H32FN9O3. The zero-order chi connectivity index (χ0) is 31.2. The maximum absolute atomic E-state index is 14.4. The van der Waals surface area contributed by atoms with Gasteiger partial charge < -0.3 is 30.9 Å². The van der Waals surface area contributed by atoms with Crippen molar-refractivity contribution in [1.29, 1.82) is 0 Å². The number of nitrogens with two attached hydrogens (primary N) is 1. The van der Waals surface area contributed by atoms with E-state index < -0.39 is 17.8 Å². The number of halogens is 1. The number of allylic oxidation sites excluding steroid dienone is 1. The maximum atomic E-state index is 14.4. The summed E-state index contributed by atoms with van der Waals surface area (Å²) in [6.45, 7) is 2.50. The molecule has 2 aromatic heterocycles. The fraction of sp³-hybridized carbons (Fsp3) is 0.226. The van der Waals surface area contributed by atoms with Crippen LogP contribution in [0.25, 0.3) is 28.0 Å². The summed E-state index contributed by atoms with van der Waals surface area (Å²) in [5.74, 6) is -0.00626. The van der Waals surface area contributed by atoms with Crippen LogP contribution in [0.15, 0.2) is 65.9 Å². The average Bonchev–Trinajstić information content (AvgIpc) is 3.03. The highest BCUT2D eigenvalue weighted by molar-refractivity contribution is 6.10. The van der Waals surface area contributed by atoms with E-state index in [-0.39, 0.29) is 11.3 Å². The number of morpholine rings is 1. The first-order valence-corrected chi connectivity index (χ1v) is 13.8. The molecule has 0 saturated carbocycles. The minimum absolute atomic E-state index is 0.0812. The molecule has 3 amide bonds. The molecule has 0 spiro atoms. The molecule has 0 aliphatic carbocycles. The summed E-state index contributed by atoms with van der Waals surface area (Å²) >= 11 is 0. The Morgan fingerprint density at radius 2 is 1.75 bits per heavy atom. The first kappa shape index (κ1) is 30.0. The Labute approximate surface area is 253 Å². The number of carbonyl (C=O) groups is 2. The van der Waals surface area contributed by atoms with Crippen LogP contribution in [0.2, 0.25) is 0 Å². The molecule has 3 heterocycles. The van der Waals surface area contributed by atoms with Crippen LogP contribution in [0.4, 0.5) is 26.4 Å². The van der Waals surface area contributed by atoms with Crippen LogP contribution in [-0.2, 0) is 4.74 Å². The minimum Gasteiger partial charge on any atom is -0.404 e. The lowest BCUT2D eigenvalue weighted by molar-refractivity contribution is 0.0823. The molecule has 0 bridgehead atoms. The summed E-state index contributed by atoms with van der Waals surface area (Å²) < 4.78 is 20.0. The van der Waals surface area contributed by atoms with Crippen LogP contribution in [0.1, 0.15) is 15.9 Å². The number of aromatic nitrogens is 3. The Balaban J connectivity index is 1.38. The van der Waals surface area contributed by atoms with Gasteiger partial charge in [-0.05, 0) is 48.5 Å². The monoisotopic (exact) mass is 597 g/mol. The van der Waals surface area contributed by atoms with Crippen LogP contribution in [0.5, 0.6) is 0 Å². The quantitative estimate of drug-likeness (QED) is 0.270. The Bertz CT molecular complexity index is 1750. The van der Waals surface area contributed by atoms with Crippen molar-refractivity contribution < 1.29 is 18.7 Å². The molecule has 0 atom stereocenters. The zero-order valence-corrected chi connectivity index (χ0v) is 24.5. The van der Waals surface area contributed by atoms with Crippen molar-refractivity contribution in [2.45, 2.75) is 0 Å². The molecule has 5 rings (SSSR count). The largest absolute Gasteiger partial charge is 0.404 e. The first-order valence-electron chi connectivity index (χ1n) is 13.8. The fourth-order valence-corrected chi connectivity index (χ4v) is 4.64. The predicted octanol–water partition coefficient (Wildman–Crippen LogP) is 4.01. The molecule has 44 heavy (non-hydrogen) atoms. The summed E-state index contributed by atoms with van der Waals surface area (Å²) in [6.07, 6.45) is 4.86. The summed E-state index contributed by atoms with van der Waals surface area (Å²) in [4.78, 5) is 46.5. The van der Waals surface area contributed by atoms with Gasteiger partial charge in [-0.1, -0.05) is 0 Å². The van der Waals surface area contributed by atoms with E-state index in [0.717, 1.165) is 17.2 Å². The van der Waals surface area contributed by atoms with Gasteiger partial charge in [-0.2, -0.15) is 0 Å². The van der Waals surface area contributed by atoms with Crippen molar-refractivity contribution >= 4 is 52.0 Å². The molecule has 13 heteroatoms. The van der Waals surface area contributed by atoms with Crippen molar-refractivity contribution in [3.63, 3.8) is 0 Å². The van der Waals surface area contributed by atoms with Gasteiger partial charge in [0.15, 0.2) is 11.6 Å². The van der Waals surface area contributed by atoms with Gasteiger partial charge in [0.2, 0.25) is 0 Å². The Hall–Kier alpha value is -5.43. The van der Waals surface area contributed by atoms with Gasteiger partial charge >= 0.3 is 6.03 Å². The second kappa shape index (κ2) is 13.3. The first-order chi connectivity index (χ1) is 21.3. The number of nitrogens with one attached hydrogen (secondary N) is 2. The smallest absolute Gasteiger partial charge is 0.323 e. The maximum Gasteiger partial charge on any atom is 0.323 e. The van der Waals surface area contributed by atoms with Crippen LogP contribution in [-0.4, -0.2) is 85.5 Å². The topological polar surface area (TPSA) is 151 Å². The van der Waals surface area contributed by atoms with Gasteiger partial charge in [0.05, 0.1) is 24.3 Å². The van der Waals surface area contributed by atoms with Gasteiger partial charge in [0.1, 0.15) is 11.3 Å². The third-order valence-electron chi connectivity index (χ3n) is 6.87. The molecule has 4 aromatic rings. The van der Waals surface area contributed by atoms with Crippen molar-refractivity contribution in [2.24, 2.45) is 10.7 Å². The number of aliphatic imine (C=N–C) groups is 1. The highest BCUT2D eigenvalue weighted by Crippen LogP contribution is 2.29. The van der Waals surface area contributed by atoms with Crippen LogP contribution in [0, 0.1) is 5.82 Å². The van der Waals surface area contributed by atoms with E-state index >= 15 is 0 Å². The standard InChI is InChI=1S/C31H32FN9O3/c1-34-17-21(16-33)20-14-26-27(35-18-20)29(41-10-12-44-13-11-41)39-28(38-26)19-4-6-22(7-5-19)36-31(43)37-23-8-9-24(25(32)15-23)30(42)40(2)3/h4-9,14-18H,10-13,33H2,1-3H3,(H2,36,37,43). The molecule has 1 fully saturated rings. The highest BCUT2D eigenvalue weighted by atomic mass is 19.1. The summed E-state index contributed by atoms with van der Waals surface area (Å²) in [5, 5.41) is 5.30. The third kappa shape index (κ3) is 6.63. The average molecular weight is 598 g/mol. The summed E-state index contributed by atoms with van der Waals surface area (Å²) in [7, 11) is 4.74. The normalized spacial score (nSPS) is 13.7. The number of hydrogen-bond donors (Lipinski definition) is 3. The number of ether oxygens (including phenoxy) is 1. The predicted molar refractivity (Wildman–Crippen MR) is 169 cm³/mol. The summed E-state index contributed by atoms with van der Waals surface area (Å²) in [6, 6.07) is 12.3. The number of rotatable bonds is 7. The van der Waals surface area contributed by atoms with Crippen LogP contribution >= 0.6 is 0 Å². The van der Waals surface area contributed by atoms with E-state index in [2.05, 4.69) is 25.5 Å². The highest BCUT2D eigenvalue weighted by Gasteiger charge is 2.20. The number of anilines is 3. The molecule has 0 unspecified atom stereocenters. The SMILES string of the molecule is CN=CC(=CN)c1cnc2c(N3CCOCC3)nc(-c3ccc(NC(=O)Nc4ccc(C(=O)N(C)C)c(F)c4)cc3)nc2c1. The Kier molecular flexibility index (Phi) is 9.05. The lowest BCUT2D eigenvalue weighted by Gasteiger charge is -2.28. The van der Waals surface area contributed by atoms with Crippen LogP contribution < -0.4 is 21.3 Å². The molecule has 1 saturated heterocycles. The van der Waals surface area contributed by atoms with E-state index in [9.17, 15) is 14.0 Å². The van der Waals surface area contributed by atoms with Crippen molar-refractivity contribution in [3.05, 3.63) is 77.9 Å². The van der Waals surface area contributed by atoms with E-state index in [1.165, 1.54) is 37.3 Å². The molecule has 2 aromatic carbocycles. The Morgan fingerprint density at radius 3 is 2.41 bits per heavy atom. The molecule has 0 radical (unpaired) electrons. The Morgan fingerprint density at radius 1 is 1.05 bits per heavy atom. The van der Waals surface area contributed by atoms with Crippen LogP contribution in [0.3, 0.4) is 0 Å². The summed E-state index contributed by atoms with van der Waals surface area (Å²) in [5.41, 5.74) is 9.97. The molecule has 1 aliphatic rings. The van der Waals surface area contributed by atoms with Crippen molar-refractivity contribution in [1.82, 2.24) is 19.9 Å². The number of nitrogens with zero attached hydrogens (tertiary/aromatic N) is 6. The number of fused-ring (bicyclic) bond motifs is 1. The van der Waals surface area contributed by atoms with Gasteiger partial charge in [-0.15, -0.1) is 0 Å². The number of carbonyl (C=O) groups excluding carboxylic acids is 2. The van der Waals surface area contributed by atoms with Gasteiger partial charge in [-0.25, -0.2) is 19.2 Å².